The van der Waals surface area contributed by atoms with Gasteiger partial charge in [-0.1, -0.05) is 11.6 Å². The zero-order chi connectivity index (χ0) is 31.3. The molecule has 1 aromatic rings. The van der Waals surface area contributed by atoms with Gasteiger partial charge in [0.25, 0.3) is 0 Å². The van der Waals surface area contributed by atoms with Crippen molar-refractivity contribution in [3.63, 3.8) is 0 Å². The molecule has 0 unspecified atom stereocenters. The van der Waals surface area contributed by atoms with Gasteiger partial charge in [-0.05, 0) is 111 Å². The van der Waals surface area contributed by atoms with E-state index in [9.17, 15) is 9.59 Å². The van der Waals surface area contributed by atoms with E-state index in [4.69, 9.17) is 23.7 Å². The first-order valence-corrected chi connectivity index (χ1v) is 16.2. The second kappa shape index (κ2) is 13.9. The summed E-state index contributed by atoms with van der Waals surface area (Å²) in [6, 6.07) is 6.10. The molecule has 3 heterocycles. The molecule has 0 radical (unpaired) electrons. The van der Waals surface area contributed by atoms with Crippen LogP contribution >= 0.6 is 0 Å². The van der Waals surface area contributed by atoms with Crippen LogP contribution in [0.3, 0.4) is 0 Å². The molecule has 0 N–H and O–H groups in total. The van der Waals surface area contributed by atoms with E-state index in [0.717, 1.165) is 62.0 Å². The predicted molar refractivity (Wildman–Crippen MR) is 166 cm³/mol. The van der Waals surface area contributed by atoms with E-state index in [-0.39, 0.29) is 29.5 Å². The average Bonchev–Trinajstić information content (AvgIpc) is 2.92. The molecule has 2 fully saturated rings. The lowest BCUT2D eigenvalue weighted by molar-refractivity contribution is -0.179. The highest BCUT2D eigenvalue weighted by Gasteiger charge is 2.54. The topological polar surface area (TPSA) is 83.5 Å². The SMILES string of the molecule is CCOC(=O)CCCCOc1ccc2c(c1)O[C@](C)(CCC=C(C)C)[C@H]1CC3(CCN(C(=O)OC(C)(C)C)CC3)CO[C@H]21. The molecular formula is C35H53NO7. The molecule has 1 amide bonds. The summed E-state index contributed by atoms with van der Waals surface area (Å²) in [5, 5.41) is 0. The number of piperidine rings is 1. The fourth-order valence-corrected chi connectivity index (χ4v) is 6.63. The van der Waals surface area contributed by atoms with Gasteiger partial charge in [0.15, 0.2) is 0 Å². The van der Waals surface area contributed by atoms with E-state index >= 15 is 0 Å². The number of fused-ring (bicyclic) bond motifs is 3. The largest absolute Gasteiger partial charge is 0.493 e. The molecule has 0 bridgehead atoms. The molecule has 1 aromatic carbocycles. The fraction of sp³-hybridized carbons (Fsp3) is 0.714. The Labute approximate surface area is 258 Å². The van der Waals surface area contributed by atoms with E-state index in [1.165, 1.54) is 5.57 Å². The average molecular weight is 600 g/mol. The zero-order valence-corrected chi connectivity index (χ0v) is 27.5. The van der Waals surface area contributed by atoms with Gasteiger partial charge in [-0.25, -0.2) is 4.79 Å². The van der Waals surface area contributed by atoms with Gasteiger partial charge < -0.3 is 28.6 Å². The molecule has 0 aliphatic carbocycles. The second-order valence-electron chi connectivity index (χ2n) is 14.1. The lowest BCUT2D eigenvalue weighted by atomic mass is 9.63. The van der Waals surface area contributed by atoms with Gasteiger partial charge in [0.05, 0.1) is 25.9 Å². The molecule has 4 rings (SSSR count). The molecule has 3 aliphatic rings. The Bertz CT molecular complexity index is 1140. The summed E-state index contributed by atoms with van der Waals surface area (Å²) in [4.78, 5) is 26.2. The maximum atomic E-state index is 12.7. The third-order valence-corrected chi connectivity index (χ3v) is 9.02. The number of nitrogens with zero attached hydrogens (tertiary/aromatic N) is 1. The van der Waals surface area contributed by atoms with Crippen molar-refractivity contribution in [2.75, 3.05) is 32.9 Å². The van der Waals surface area contributed by atoms with Crippen molar-refractivity contribution in [3.05, 3.63) is 35.4 Å². The number of amides is 1. The van der Waals surface area contributed by atoms with Gasteiger partial charge in [0.1, 0.15) is 22.7 Å². The first-order chi connectivity index (χ1) is 20.3. The first-order valence-electron chi connectivity index (χ1n) is 16.2. The number of unbranched alkanes of at least 4 members (excludes halogenated alkanes) is 1. The highest BCUT2D eigenvalue weighted by Crippen LogP contribution is 2.57. The van der Waals surface area contributed by atoms with Crippen LogP contribution in [0, 0.1) is 11.3 Å². The summed E-state index contributed by atoms with van der Waals surface area (Å²) in [5.41, 5.74) is 1.51. The van der Waals surface area contributed by atoms with E-state index in [2.05, 4.69) is 32.9 Å². The summed E-state index contributed by atoms with van der Waals surface area (Å²) in [6.07, 6.45) is 8.56. The quantitative estimate of drug-likeness (QED) is 0.154. The highest BCUT2D eigenvalue weighted by molar-refractivity contribution is 5.69. The third kappa shape index (κ3) is 8.68. The van der Waals surface area contributed by atoms with E-state index in [0.29, 0.717) is 39.3 Å². The third-order valence-electron chi connectivity index (χ3n) is 9.02. The molecule has 0 aromatic heterocycles. The Balaban J connectivity index is 1.45. The van der Waals surface area contributed by atoms with Crippen LogP contribution in [0.15, 0.2) is 29.8 Å². The number of carbonyl (C=O) groups is 2. The summed E-state index contributed by atoms with van der Waals surface area (Å²) in [7, 11) is 0. The van der Waals surface area contributed by atoms with Crippen molar-refractivity contribution in [1.82, 2.24) is 4.90 Å². The Hall–Kier alpha value is -2.74. The van der Waals surface area contributed by atoms with Gasteiger partial charge in [0, 0.05) is 37.1 Å². The Morgan fingerprint density at radius 1 is 1.14 bits per heavy atom. The number of esters is 1. The van der Waals surface area contributed by atoms with E-state index in [1.807, 2.05) is 44.7 Å². The van der Waals surface area contributed by atoms with Crippen molar-refractivity contribution in [1.29, 1.82) is 0 Å². The molecule has 3 atom stereocenters. The van der Waals surface area contributed by atoms with Crippen molar-refractivity contribution in [2.45, 2.75) is 117 Å². The number of likely N-dealkylation sites (tertiary alicyclic amines) is 1. The Kier molecular flexibility index (Phi) is 10.7. The minimum Gasteiger partial charge on any atom is -0.493 e. The van der Waals surface area contributed by atoms with Gasteiger partial charge in [0.2, 0.25) is 0 Å². The maximum absolute atomic E-state index is 12.7. The van der Waals surface area contributed by atoms with Crippen LogP contribution in [-0.2, 0) is 19.0 Å². The summed E-state index contributed by atoms with van der Waals surface area (Å²) in [5.74, 6) is 1.64. The first kappa shape index (κ1) is 33.2. The molecule has 0 saturated carbocycles. The van der Waals surface area contributed by atoms with Crippen LogP contribution in [-0.4, -0.2) is 61.1 Å². The Morgan fingerprint density at radius 2 is 1.88 bits per heavy atom. The predicted octanol–water partition coefficient (Wildman–Crippen LogP) is 7.79. The van der Waals surface area contributed by atoms with Crippen LogP contribution in [0.1, 0.15) is 112 Å². The minimum atomic E-state index is -0.498. The van der Waals surface area contributed by atoms with Crippen LogP contribution in [0.25, 0.3) is 0 Å². The highest BCUT2D eigenvalue weighted by atomic mass is 16.6. The fourth-order valence-electron chi connectivity index (χ4n) is 6.63. The van der Waals surface area contributed by atoms with Crippen molar-refractivity contribution < 1.29 is 33.3 Å². The molecule has 8 heteroatoms. The van der Waals surface area contributed by atoms with E-state index < -0.39 is 11.2 Å². The van der Waals surface area contributed by atoms with Gasteiger partial charge in [-0.3, -0.25) is 4.79 Å². The molecule has 8 nitrogen and oxygen atoms in total. The number of allylic oxidation sites excluding steroid dienone is 2. The summed E-state index contributed by atoms with van der Waals surface area (Å²) < 4.78 is 30.4. The van der Waals surface area contributed by atoms with Crippen LogP contribution in [0.2, 0.25) is 0 Å². The van der Waals surface area contributed by atoms with Crippen molar-refractivity contribution in [3.8, 4) is 11.5 Å². The lowest BCUT2D eigenvalue weighted by Crippen LogP contribution is -2.56. The Morgan fingerprint density at radius 3 is 2.56 bits per heavy atom. The molecular weight excluding hydrogens is 546 g/mol. The standard InChI is InChI=1S/C35H53NO7/c1-8-39-30(37)13-9-10-21-40-26-14-15-27-29(22-26)42-34(7,16-11-12-25(2)3)28-23-35(24-41-31(27)28)17-19-36(20-18-35)32(38)43-33(4,5)6/h12,14-15,22,28,31H,8-11,13,16-21,23-24H2,1-7H3/t28-,31+,34+/m0/s1. The number of benzene rings is 1. The summed E-state index contributed by atoms with van der Waals surface area (Å²) >= 11 is 0. The monoisotopic (exact) mass is 599 g/mol. The zero-order valence-electron chi connectivity index (χ0n) is 27.5. The van der Waals surface area contributed by atoms with E-state index in [1.54, 1.807) is 0 Å². The maximum Gasteiger partial charge on any atom is 0.410 e. The number of hydrogen-bond donors (Lipinski definition) is 0. The molecule has 1 spiro atoms. The number of hydrogen-bond acceptors (Lipinski definition) is 7. The lowest BCUT2D eigenvalue weighted by Gasteiger charge is -2.55. The number of carbonyl (C=O) groups excluding carboxylic acids is 2. The van der Waals surface area contributed by atoms with Crippen molar-refractivity contribution >= 4 is 12.1 Å². The van der Waals surface area contributed by atoms with Crippen LogP contribution in [0.4, 0.5) is 4.79 Å². The second-order valence-corrected chi connectivity index (χ2v) is 14.1. The smallest absolute Gasteiger partial charge is 0.410 e. The van der Waals surface area contributed by atoms with Crippen molar-refractivity contribution in [2.24, 2.45) is 11.3 Å². The molecule has 2 saturated heterocycles. The normalized spacial score (nSPS) is 24.3. The van der Waals surface area contributed by atoms with Crippen LogP contribution < -0.4 is 9.47 Å². The van der Waals surface area contributed by atoms with Crippen LogP contribution in [0.5, 0.6) is 11.5 Å². The number of rotatable bonds is 10. The number of ether oxygens (including phenoxy) is 5. The van der Waals surface area contributed by atoms with Gasteiger partial charge >= 0.3 is 12.1 Å². The summed E-state index contributed by atoms with van der Waals surface area (Å²) in [6.45, 7) is 17.0. The molecule has 43 heavy (non-hydrogen) atoms. The van der Waals surface area contributed by atoms with Gasteiger partial charge in [-0.2, -0.15) is 0 Å². The molecule has 3 aliphatic heterocycles. The molecule has 240 valence electrons. The minimum absolute atomic E-state index is 0.0188. The van der Waals surface area contributed by atoms with Gasteiger partial charge in [-0.15, -0.1) is 0 Å².